The molecule has 0 bridgehead atoms. The molecule has 1 atom stereocenters. The zero-order valence-electron chi connectivity index (χ0n) is 16.4. The molecule has 3 rings (SSSR count). The van der Waals surface area contributed by atoms with Gasteiger partial charge in [0, 0.05) is 51.9 Å². The number of urea groups is 1. The Balaban J connectivity index is 1.48. The van der Waals surface area contributed by atoms with Gasteiger partial charge in [0.1, 0.15) is 0 Å². The fraction of sp³-hybridized carbons (Fsp3) is 0.667. The predicted molar refractivity (Wildman–Crippen MR) is 106 cm³/mol. The Morgan fingerprint density at radius 2 is 1.96 bits per heavy atom. The van der Waals surface area contributed by atoms with E-state index < -0.39 is 0 Å². The van der Waals surface area contributed by atoms with Crippen LogP contribution in [0.5, 0.6) is 0 Å². The minimum Gasteiger partial charge on any atom is -0.334 e. The van der Waals surface area contributed by atoms with Gasteiger partial charge >= 0.3 is 6.03 Å². The van der Waals surface area contributed by atoms with E-state index in [0.29, 0.717) is 12.6 Å². The minimum atomic E-state index is 0.106. The first kappa shape index (κ1) is 19.2. The Morgan fingerprint density at radius 3 is 2.73 bits per heavy atom. The molecule has 0 aromatic heterocycles. The van der Waals surface area contributed by atoms with Gasteiger partial charge in [-0.15, -0.1) is 0 Å². The van der Waals surface area contributed by atoms with Gasteiger partial charge in [-0.05, 0) is 45.2 Å². The first-order chi connectivity index (χ1) is 12.6. The van der Waals surface area contributed by atoms with Crippen LogP contribution in [0.2, 0.25) is 0 Å². The SMILES string of the molecule is Cc1cccc(CNC(=O)N2CCCC[C@@H]2CCN2CCN(C)CC2)c1. The molecule has 26 heavy (non-hydrogen) atoms. The summed E-state index contributed by atoms with van der Waals surface area (Å²) >= 11 is 0. The highest BCUT2D eigenvalue weighted by Crippen LogP contribution is 2.20. The lowest BCUT2D eigenvalue weighted by Gasteiger charge is -2.38. The third-order valence-corrected chi connectivity index (χ3v) is 5.79. The van der Waals surface area contributed by atoms with Crippen LogP contribution in [-0.2, 0) is 6.54 Å². The standard InChI is InChI=1S/C21H34N4O/c1-18-6-5-7-19(16-18)17-22-21(26)25-10-4-3-8-20(25)9-11-24-14-12-23(2)13-15-24/h5-7,16,20H,3-4,8-15,17H2,1-2H3,(H,22,26)/t20-/m1/s1. The lowest BCUT2D eigenvalue weighted by atomic mass is 9.99. The van der Waals surface area contributed by atoms with Crippen LogP contribution in [0.15, 0.2) is 24.3 Å². The number of hydrogen-bond acceptors (Lipinski definition) is 3. The normalized spacial score (nSPS) is 22.4. The Hall–Kier alpha value is -1.59. The fourth-order valence-electron chi connectivity index (χ4n) is 4.07. The van der Waals surface area contributed by atoms with Crippen molar-refractivity contribution in [1.82, 2.24) is 20.0 Å². The highest BCUT2D eigenvalue weighted by Gasteiger charge is 2.27. The summed E-state index contributed by atoms with van der Waals surface area (Å²) in [4.78, 5) is 19.8. The molecule has 0 radical (unpaired) electrons. The number of nitrogens with one attached hydrogen (secondary N) is 1. The summed E-state index contributed by atoms with van der Waals surface area (Å²) in [5.41, 5.74) is 2.41. The number of piperidine rings is 1. The molecular formula is C21H34N4O. The van der Waals surface area contributed by atoms with Gasteiger partial charge in [-0.3, -0.25) is 0 Å². The minimum absolute atomic E-state index is 0.106. The molecule has 2 amide bonds. The van der Waals surface area contributed by atoms with E-state index >= 15 is 0 Å². The van der Waals surface area contributed by atoms with Crippen molar-refractivity contribution in [3.63, 3.8) is 0 Å². The molecule has 2 heterocycles. The van der Waals surface area contributed by atoms with E-state index in [2.05, 4.69) is 58.3 Å². The van der Waals surface area contributed by atoms with Crippen LogP contribution in [0.25, 0.3) is 0 Å². The summed E-state index contributed by atoms with van der Waals surface area (Å²) in [5.74, 6) is 0. The van der Waals surface area contributed by atoms with E-state index in [0.717, 1.165) is 58.5 Å². The van der Waals surface area contributed by atoms with Crippen LogP contribution in [0.1, 0.15) is 36.8 Å². The summed E-state index contributed by atoms with van der Waals surface area (Å²) in [7, 11) is 2.19. The van der Waals surface area contributed by atoms with E-state index in [1.165, 1.54) is 17.5 Å². The Bertz CT molecular complexity index is 583. The van der Waals surface area contributed by atoms with Crippen molar-refractivity contribution in [2.75, 3.05) is 46.3 Å². The number of likely N-dealkylation sites (N-methyl/N-ethyl adjacent to an activating group) is 1. The van der Waals surface area contributed by atoms with Gasteiger partial charge in [-0.1, -0.05) is 29.8 Å². The van der Waals surface area contributed by atoms with Crippen molar-refractivity contribution >= 4 is 6.03 Å². The molecule has 0 unspecified atom stereocenters. The van der Waals surface area contributed by atoms with Crippen molar-refractivity contribution in [3.8, 4) is 0 Å². The van der Waals surface area contributed by atoms with E-state index in [-0.39, 0.29) is 6.03 Å². The average molecular weight is 359 g/mol. The first-order valence-corrected chi connectivity index (χ1v) is 10.1. The van der Waals surface area contributed by atoms with Crippen LogP contribution >= 0.6 is 0 Å². The molecule has 0 saturated carbocycles. The summed E-state index contributed by atoms with van der Waals surface area (Å²) in [6.07, 6.45) is 4.62. The van der Waals surface area contributed by atoms with Crippen molar-refractivity contribution in [2.24, 2.45) is 0 Å². The molecule has 2 saturated heterocycles. The molecule has 1 aromatic carbocycles. The van der Waals surface area contributed by atoms with Gasteiger partial charge in [-0.2, -0.15) is 0 Å². The van der Waals surface area contributed by atoms with E-state index in [1.54, 1.807) is 0 Å². The van der Waals surface area contributed by atoms with Crippen molar-refractivity contribution < 1.29 is 4.79 Å². The maximum atomic E-state index is 12.8. The zero-order valence-corrected chi connectivity index (χ0v) is 16.4. The summed E-state index contributed by atoms with van der Waals surface area (Å²) in [5, 5.41) is 3.14. The van der Waals surface area contributed by atoms with Gasteiger partial charge in [-0.25, -0.2) is 4.79 Å². The molecular weight excluding hydrogens is 324 g/mol. The number of amides is 2. The second-order valence-corrected chi connectivity index (χ2v) is 7.92. The average Bonchev–Trinajstić information content (AvgIpc) is 2.66. The Kier molecular flexibility index (Phi) is 6.92. The smallest absolute Gasteiger partial charge is 0.317 e. The summed E-state index contributed by atoms with van der Waals surface area (Å²) in [6.45, 7) is 9.34. The second kappa shape index (κ2) is 9.38. The molecule has 0 spiro atoms. The molecule has 5 nitrogen and oxygen atoms in total. The van der Waals surface area contributed by atoms with E-state index in [4.69, 9.17) is 0 Å². The Labute approximate surface area is 158 Å². The lowest BCUT2D eigenvalue weighted by molar-refractivity contribution is 0.117. The largest absolute Gasteiger partial charge is 0.334 e. The van der Waals surface area contributed by atoms with Crippen LogP contribution < -0.4 is 5.32 Å². The molecule has 2 fully saturated rings. The van der Waals surface area contributed by atoms with Crippen LogP contribution in [0.4, 0.5) is 4.79 Å². The Morgan fingerprint density at radius 1 is 1.15 bits per heavy atom. The zero-order chi connectivity index (χ0) is 18.4. The van der Waals surface area contributed by atoms with Crippen molar-refractivity contribution in [1.29, 1.82) is 0 Å². The van der Waals surface area contributed by atoms with Gasteiger partial charge in [0.15, 0.2) is 0 Å². The molecule has 5 heteroatoms. The van der Waals surface area contributed by atoms with Gasteiger partial charge in [0.05, 0.1) is 0 Å². The number of nitrogens with zero attached hydrogens (tertiary/aromatic N) is 3. The monoisotopic (exact) mass is 358 g/mol. The van der Waals surface area contributed by atoms with Crippen molar-refractivity contribution in [2.45, 2.75) is 45.2 Å². The summed E-state index contributed by atoms with van der Waals surface area (Å²) < 4.78 is 0. The topological polar surface area (TPSA) is 38.8 Å². The molecule has 144 valence electrons. The number of piperazine rings is 1. The van der Waals surface area contributed by atoms with Crippen LogP contribution in [-0.4, -0.2) is 73.1 Å². The maximum absolute atomic E-state index is 12.8. The molecule has 2 aliphatic heterocycles. The van der Waals surface area contributed by atoms with Crippen molar-refractivity contribution in [3.05, 3.63) is 35.4 Å². The van der Waals surface area contributed by atoms with Gasteiger partial charge in [0.25, 0.3) is 0 Å². The second-order valence-electron chi connectivity index (χ2n) is 7.92. The van der Waals surface area contributed by atoms with Crippen LogP contribution in [0.3, 0.4) is 0 Å². The number of benzene rings is 1. The maximum Gasteiger partial charge on any atom is 0.317 e. The third-order valence-electron chi connectivity index (χ3n) is 5.79. The van der Waals surface area contributed by atoms with Gasteiger partial charge in [0.2, 0.25) is 0 Å². The number of carbonyl (C=O) groups excluding carboxylic acids is 1. The summed E-state index contributed by atoms with van der Waals surface area (Å²) in [6, 6.07) is 8.85. The number of carbonyl (C=O) groups is 1. The quantitative estimate of drug-likeness (QED) is 0.880. The number of hydrogen-bond donors (Lipinski definition) is 1. The third kappa shape index (κ3) is 5.45. The number of aryl methyl sites for hydroxylation is 1. The molecule has 0 aliphatic carbocycles. The highest BCUT2D eigenvalue weighted by atomic mass is 16.2. The molecule has 1 aromatic rings. The fourth-order valence-corrected chi connectivity index (χ4v) is 4.07. The van der Waals surface area contributed by atoms with E-state index in [9.17, 15) is 4.79 Å². The molecule has 2 aliphatic rings. The highest BCUT2D eigenvalue weighted by molar-refractivity contribution is 5.74. The lowest BCUT2D eigenvalue weighted by Crippen LogP contribution is -2.50. The predicted octanol–water partition coefficient (Wildman–Crippen LogP) is 2.70. The molecule has 1 N–H and O–H groups in total. The van der Waals surface area contributed by atoms with E-state index in [1.807, 2.05) is 0 Å². The van der Waals surface area contributed by atoms with Gasteiger partial charge < -0.3 is 20.0 Å². The first-order valence-electron chi connectivity index (χ1n) is 10.1. The number of likely N-dealkylation sites (tertiary alicyclic amines) is 1. The number of rotatable bonds is 5. The van der Waals surface area contributed by atoms with Crippen LogP contribution in [0, 0.1) is 6.92 Å².